The van der Waals surface area contributed by atoms with E-state index in [9.17, 15) is 0 Å². The Hall–Kier alpha value is -2.18. The highest BCUT2D eigenvalue weighted by atomic mass is 16.5. The van der Waals surface area contributed by atoms with Crippen molar-refractivity contribution >= 4 is 17.5 Å². The van der Waals surface area contributed by atoms with E-state index in [1.54, 1.807) is 0 Å². The summed E-state index contributed by atoms with van der Waals surface area (Å²) in [4.78, 5) is 17.3. The molecule has 0 amide bonds. The minimum atomic E-state index is 0.828. The molecule has 1 fully saturated rings. The van der Waals surface area contributed by atoms with Crippen LogP contribution in [0.1, 0.15) is 41.3 Å². The van der Waals surface area contributed by atoms with Crippen LogP contribution in [0.4, 0.5) is 17.5 Å². The quantitative estimate of drug-likeness (QED) is 0.672. The highest BCUT2D eigenvalue weighted by Gasteiger charge is 2.26. The minimum Gasteiger partial charge on any atom is -0.379 e. The fourth-order valence-corrected chi connectivity index (χ4v) is 5.12. The monoisotopic (exact) mass is 423 g/mol. The van der Waals surface area contributed by atoms with Crippen LogP contribution in [-0.2, 0) is 11.2 Å². The van der Waals surface area contributed by atoms with Crippen molar-refractivity contribution in [3.63, 3.8) is 0 Å². The Labute approximate surface area is 187 Å². The van der Waals surface area contributed by atoms with E-state index in [0.29, 0.717) is 0 Å². The summed E-state index contributed by atoms with van der Waals surface area (Å²) in [6.07, 6.45) is 2.21. The van der Waals surface area contributed by atoms with E-state index < -0.39 is 0 Å². The molecule has 0 unspecified atom stereocenters. The summed E-state index contributed by atoms with van der Waals surface area (Å²) in [7, 11) is 0. The number of hydrogen-bond acceptors (Lipinski definition) is 6. The topological polar surface area (TPSA) is 44.7 Å². The maximum absolute atomic E-state index is 5.47. The molecule has 2 aliphatic rings. The van der Waals surface area contributed by atoms with Crippen molar-refractivity contribution < 1.29 is 4.74 Å². The number of nitrogens with zero attached hydrogens (tertiary/aromatic N) is 5. The number of aromatic nitrogens is 2. The number of fused-ring (bicyclic) bond motifs is 1. The largest absolute Gasteiger partial charge is 0.379 e. The molecule has 31 heavy (non-hydrogen) atoms. The van der Waals surface area contributed by atoms with Gasteiger partial charge in [-0.25, -0.2) is 4.98 Å². The van der Waals surface area contributed by atoms with Crippen LogP contribution in [0.2, 0.25) is 0 Å². The fraction of sp³-hybridized carbons (Fsp3) is 0.600. The van der Waals surface area contributed by atoms with E-state index in [4.69, 9.17) is 14.7 Å². The van der Waals surface area contributed by atoms with Crippen LogP contribution in [0.15, 0.2) is 12.1 Å². The number of morpholine rings is 1. The zero-order valence-corrected chi connectivity index (χ0v) is 19.9. The second-order valence-corrected chi connectivity index (χ2v) is 8.95. The summed E-state index contributed by atoms with van der Waals surface area (Å²) >= 11 is 0. The molecule has 1 aromatic heterocycles. The van der Waals surface area contributed by atoms with Crippen molar-refractivity contribution in [2.45, 2.75) is 47.5 Å². The molecule has 0 aliphatic carbocycles. The van der Waals surface area contributed by atoms with E-state index >= 15 is 0 Å². The first-order valence-corrected chi connectivity index (χ1v) is 11.8. The van der Waals surface area contributed by atoms with Gasteiger partial charge in [0.2, 0.25) is 5.95 Å². The van der Waals surface area contributed by atoms with Crippen LogP contribution in [0.3, 0.4) is 0 Å². The molecule has 0 atom stereocenters. The standard InChI is InChI=1S/C25H37N5O/c1-6-30(23-19(3)16-18(2)17-20(23)4)25-26-21(5)22-8-11-29(24(22)27-25)10-7-9-28-12-14-31-15-13-28/h16-17H,6-15H2,1-5H3. The second kappa shape index (κ2) is 9.53. The number of rotatable bonds is 7. The Bertz CT molecular complexity index is 899. The molecule has 6 nitrogen and oxygen atoms in total. The van der Waals surface area contributed by atoms with Gasteiger partial charge in [-0.05, 0) is 58.6 Å². The van der Waals surface area contributed by atoms with Gasteiger partial charge < -0.3 is 14.5 Å². The molecule has 1 saturated heterocycles. The highest BCUT2D eigenvalue weighted by molar-refractivity contribution is 5.68. The van der Waals surface area contributed by atoms with Crippen molar-refractivity contribution in [3.05, 3.63) is 40.1 Å². The van der Waals surface area contributed by atoms with Gasteiger partial charge >= 0.3 is 0 Å². The molecule has 0 bridgehead atoms. The number of benzene rings is 1. The molecule has 4 rings (SSSR count). The normalized spacial score (nSPS) is 16.6. The Morgan fingerprint density at radius 1 is 0.968 bits per heavy atom. The predicted molar refractivity (Wildman–Crippen MR) is 128 cm³/mol. The van der Waals surface area contributed by atoms with Crippen LogP contribution in [0.25, 0.3) is 0 Å². The van der Waals surface area contributed by atoms with Gasteiger partial charge in [0, 0.05) is 56.2 Å². The van der Waals surface area contributed by atoms with Crippen molar-refractivity contribution in [1.29, 1.82) is 0 Å². The van der Waals surface area contributed by atoms with Crippen LogP contribution in [0.5, 0.6) is 0 Å². The average Bonchev–Trinajstić information content (AvgIpc) is 3.15. The summed E-state index contributed by atoms with van der Waals surface area (Å²) in [5, 5.41) is 0. The summed E-state index contributed by atoms with van der Waals surface area (Å²) in [6.45, 7) is 18.8. The van der Waals surface area contributed by atoms with Crippen molar-refractivity contribution in [2.75, 3.05) is 62.3 Å². The van der Waals surface area contributed by atoms with Crippen LogP contribution in [0, 0.1) is 27.7 Å². The second-order valence-electron chi connectivity index (χ2n) is 8.95. The zero-order valence-electron chi connectivity index (χ0n) is 19.9. The van der Waals surface area contributed by atoms with Gasteiger partial charge in [0.25, 0.3) is 0 Å². The van der Waals surface area contributed by atoms with Gasteiger partial charge in [0.15, 0.2) is 0 Å². The lowest BCUT2D eigenvalue weighted by Gasteiger charge is -2.28. The molecular formula is C25H37N5O. The maximum atomic E-state index is 5.47. The van der Waals surface area contributed by atoms with Crippen LogP contribution < -0.4 is 9.80 Å². The summed E-state index contributed by atoms with van der Waals surface area (Å²) in [5.41, 5.74) is 7.55. The van der Waals surface area contributed by atoms with Crippen molar-refractivity contribution in [3.8, 4) is 0 Å². The number of anilines is 3. The molecule has 0 saturated carbocycles. The first-order chi connectivity index (χ1) is 15.0. The van der Waals surface area contributed by atoms with Crippen molar-refractivity contribution in [1.82, 2.24) is 14.9 Å². The smallest absolute Gasteiger partial charge is 0.232 e. The lowest BCUT2D eigenvalue weighted by Crippen LogP contribution is -2.38. The lowest BCUT2D eigenvalue weighted by atomic mass is 10.0. The first kappa shape index (κ1) is 22.0. The number of ether oxygens (including phenoxy) is 1. The molecule has 6 heteroatoms. The Morgan fingerprint density at radius 2 is 1.68 bits per heavy atom. The Kier molecular flexibility index (Phi) is 6.77. The fourth-order valence-electron chi connectivity index (χ4n) is 5.12. The maximum Gasteiger partial charge on any atom is 0.232 e. The SMILES string of the molecule is CCN(c1nc(C)c2c(n1)N(CCCN1CCOCC1)CC2)c1c(C)cc(C)cc1C. The summed E-state index contributed by atoms with van der Waals surface area (Å²) < 4.78 is 5.47. The molecule has 1 aromatic carbocycles. The van der Waals surface area contributed by atoms with E-state index in [0.717, 1.165) is 82.8 Å². The first-order valence-electron chi connectivity index (χ1n) is 11.8. The molecule has 2 aromatic rings. The summed E-state index contributed by atoms with van der Waals surface area (Å²) in [6, 6.07) is 4.51. The van der Waals surface area contributed by atoms with Gasteiger partial charge in [-0.15, -0.1) is 0 Å². The number of aryl methyl sites for hydroxylation is 4. The van der Waals surface area contributed by atoms with Crippen LogP contribution >= 0.6 is 0 Å². The van der Waals surface area contributed by atoms with E-state index in [-0.39, 0.29) is 0 Å². The third kappa shape index (κ3) is 4.70. The van der Waals surface area contributed by atoms with E-state index in [2.05, 4.69) is 61.5 Å². The third-order valence-corrected chi connectivity index (χ3v) is 6.58. The molecule has 3 heterocycles. The minimum absolute atomic E-state index is 0.828. The van der Waals surface area contributed by atoms with E-state index in [1.165, 1.54) is 27.9 Å². The predicted octanol–water partition coefficient (Wildman–Crippen LogP) is 3.95. The molecule has 2 aliphatic heterocycles. The molecule has 0 radical (unpaired) electrons. The van der Waals surface area contributed by atoms with Crippen LogP contribution in [-0.4, -0.2) is 67.4 Å². The molecule has 0 N–H and O–H groups in total. The van der Waals surface area contributed by atoms with Gasteiger partial charge in [-0.3, -0.25) is 4.90 Å². The molecule has 168 valence electrons. The Balaban J connectivity index is 1.55. The summed E-state index contributed by atoms with van der Waals surface area (Å²) in [5.74, 6) is 1.97. The van der Waals surface area contributed by atoms with Crippen molar-refractivity contribution in [2.24, 2.45) is 0 Å². The molecular weight excluding hydrogens is 386 g/mol. The third-order valence-electron chi connectivity index (χ3n) is 6.58. The van der Waals surface area contributed by atoms with Gasteiger partial charge in [0.05, 0.1) is 13.2 Å². The molecule has 0 spiro atoms. The van der Waals surface area contributed by atoms with Gasteiger partial charge in [-0.2, -0.15) is 4.98 Å². The van der Waals surface area contributed by atoms with Gasteiger partial charge in [0.1, 0.15) is 5.82 Å². The lowest BCUT2D eigenvalue weighted by molar-refractivity contribution is 0.0376. The van der Waals surface area contributed by atoms with E-state index in [1.807, 2.05) is 0 Å². The Morgan fingerprint density at radius 3 is 2.35 bits per heavy atom. The average molecular weight is 424 g/mol. The highest BCUT2D eigenvalue weighted by Crippen LogP contribution is 2.34. The van der Waals surface area contributed by atoms with Gasteiger partial charge in [-0.1, -0.05) is 17.7 Å². The number of hydrogen-bond donors (Lipinski definition) is 0. The zero-order chi connectivity index (χ0) is 22.0.